The van der Waals surface area contributed by atoms with E-state index in [1.165, 1.54) is 36.4 Å². The van der Waals surface area contributed by atoms with E-state index in [0.29, 0.717) is 18.7 Å². The molecule has 0 saturated carbocycles. The molecular formula is C17H15Cl2F4NO2. The van der Waals surface area contributed by atoms with Crippen LogP contribution in [0, 0.1) is 11.7 Å². The molecule has 3 nitrogen and oxygen atoms in total. The van der Waals surface area contributed by atoms with Gasteiger partial charge in [0, 0.05) is 19.0 Å². The van der Waals surface area contributed by atoms with Gasteiger partial charge in [-0.2, -0.15) is 0 Å². The van der Waals surface area contributed by atoms with E-state index in [4.69, 9.17) is 16.3 Å². The van der Waals surface area contributed by atoms with Crippen LogP contribution in [0.4, 0.5) is 17.6 Å². The molecule has 1 unspecified atom stereocenters. The molecule has 0 aliphatic carbocycles. The summed E-state index contributed by atoms with van der Waals surface area (Å²) in [6.07, 6.45) is -5.47. The first-order valence-corrected chi connectivity index (χ1v) is 7.88. The van der Waals surface area contributed by atoms with Gasteiger partial charge in [-0.05, 0) is 29.8 Å². The van der Waals surface area contributed by atoms with Gasteiger partial charge in [0.15, 0.2) is 11.5 Å². The van der Waals surface area contributed by atoms with Gasteiger partial charge in [-0.25, -0.2) is 4.39 Å². The van der Waals surface area contributed by atoms with Crippen LogP contribution in [-0.4, -0.2) is 19.5 Å². The molecule has 2 aromatic rings. The van der Waals surface area contributed by atoms with Crippen LogP contribution in [0.2, 0.25) is 5.02 Å². The highest BCUT2D eigenvalue weighted by molar-refractivity contribution is 6.30. The number of ether oxygens (including phenoxy) is 2. The van der Waals surface area contributed by atoms with E-state index in [9.17, 15) is 17.6 Å². The molecule has 0 aromatic heterocycles. The Labute approximate surface area is 158 Å². The zero-order valence-electron chi connectivity index (χ0n) is 13.2. The van der Waals surface area contributed by atoms with E-state index in [1.807, 2.05) is 0 Å². The van der Waals surface area contributed by atoms with Gasteiger partial charge < -0.3 is 14.8 Å². The van der Waals surface area contributed by atoms with Crippen LogP contribution in [0.15, 0.2) is 42.5 Å². The van der Waals surface area contributed by atoms with Gasteiger partial charge in [0.05, 0.1) is 5.02 Å². The Balaban J connectivity index is 0.00000243. The van der Waals surface area contributed by atoms with E-state index in [0.717, 1.165) is 0 Å². The largest absolute Gasteiger partial charge is 0.573 e. The Kier molecular flexibility index (Phi) is 6.60. The van der Waals surface area contributed by atoms with E-state index >= 15 is 0 Å². The van der Waals surface area contributed by atoms with Crippen molar-refractivity contribution in [2.45, 2.75) is 12.5 Å². The molecule has 0 bridgehead atoms. The highest BCUT2D eigenvalue weighted by atomic mass is 35.5. The van der Waals surface area contributed by atoms with Crippen molar-refractivity contribution in [1.29, 1.82) is 0 Å². The van der Waals surface area contributed by atoms with Gasteiger partial charge in [0.1, 0.15) is 11.9 Å². The molecule has 1 atom stereocenters. The molecule has 2 aromatic carbocycles. The summed E-state index contributed by atoms with van der Waals surface area (Å²) in [5.41, 5.74) is 0.496. The highest BCUT2D eigenvalue weighted by Gasteiger charge is 2.34. The van der Waals surface area contributed by atoms with Crippen molar-refractivity contribution >= 4 is 24.0 Å². The fraction of sp³-hybridized carbons (Fsp3) is 0.294. The first-order chi connectivity index (χ1) is 11.8. The third kappa shape index (κ3) is 4.93. The lowest BCUT2D eigenvalue weighted by Crippen LogP contribution is -2.46. The number of halogens is 6. The first kappa shape index (κ1) is 20.6. The Morgan fingerprint density at radius 1 is 1.08 bits per heavy atom. The van der Waals surface area contributed by atoms with Crippen molar-refractivity contribution in [2.24, 2.45) is 5.92 Å². The van der Waals surface area contributed by atoms with Crippen molar-refractivity contribution < 1.29 is 27.0 Å². The summed E-state index contributed by atoms with van der Waals surface area (Å²) in [6.45, 7) is 1.22. The lowest BCUT2D eigenvalue weighted by Gasteiger charge is -2.35. The molecule has 1 heterocycles. The zero-order chi connectivity index (χ0) is 18.0. The number of hydrogen-bond donors (Lipinski definition) is 1. The van der Waals surface area contributed by atoms with Crippen LogP contribution < -0.4 is 14.8 Å². The minimum Gasteiger partial charge on any atom is -0.481 e. The predicted octanol–water partition coefficient (Wildman–Crippen LogP) is 5.14. The topological polar surface area (TPSA) is 30.5 Å². The summed E-state index contributed by atoms with van der Waals surface area (Å²) in [7, 11) is 0. The summed E-state index contributed by atoms with van der Waals surface area (Å²) >= 11 is 5.70. The maximum Gasteiger partial charge on any atom is 0.573 e. The molecule has 26 heavy (non-hydrogen) atoms. The average Bonchev–Trinajstić information content (AvgIpc) is 2.48. The molecular weight excluding hydrogens is 397 g/mol. The number of benzene rings is 2. The van der Waals surface area contributed by atoms with Crippen molar-refractivity contribution in [3.05, 3.63) is 58.9 Å². The second-order valence-electron chi connectivity index (χ2n) is 5.62. The van der Waals surface area contributed by atoms with Gasteiger partial charge in [-0.15, -0.1) is 25.6 Å². The van der Waals surface area contributed by atoms with Gasteiger partial charge in [-0.1, -0.05) is 29.8 Å². The number of nitrogens with one attached hydrogen (secondary N) is 1. The quantitative estimate of drug-likeness (QED) is 0.691. The van der Waals surface area contributed by atoms with Crippen molar-refractivity contribution in [2.75, 3.05) is 13.1 Å². The fourth-order valence-corrected chi connectivity index (χ4v) is 2.66. The average molecular weight is 412 g/mol. The minimum atomic E-state index is -4.83. The number of rotatable bonds is 5. The molecule has 1 N–H and O–H groups in total. The van der Waals surface area contributed by atoms with Gasteiger partial charge in [-0.3, -0.25) is 0 Å². The molecule has 142 valence electrons. The van der Waals surface area contributed by atoms with Crippen LogP contribution >= 0.6 is 24.0 Å². The molecule has 1 fully saturated rings. The van der Waals surface area contributed by atoms with Crippen LogP contribution in [0.1, 0.15) is 11.7 Å². The normalized spacial score (nSPS) is 15.6. The van der Waals surface area contributed by atoms with Gasteiger partial charge >= 0.3 is 6.36 Å². The van der Waals surface area contributed by atoms with E-state index < -0.39 is 24.0 Å². The minimum absolute atomic E-state index is 0. The van der Waals surface area contributed by atoms with E-state index in [-0.39, 0.29) is 29.1 Å². The number of hydrogen-bond acceptors (Lipinski definition) is 3. The molecule has 1 saturated heterocycles. The lowest BCUT2D eigenvalue weighted by atomic mass is 9.90. The standard InChI is InChI=1S/C17H14ClF4NO2.ClH/c18-12-6-5-10(7-13(12)19)16(11-8-23-9-11)24-14-3-1-2-4-15(14)25-17(20,21)22;/h1-7,11,16,23H,8-9H2;1H. The SMILES string of the molecule is Cl.Fc1cc(C(Oc2ccccc2OC(F)(F)F)C2CNC2)ccc1Cl. The van der Waals surface area contributed by atoms with Crippen LogP contribution in [0.25, 0.3) is 0 Å². The highest BCUT2D eigenvalue weighted by Crippen LogP contribution is 2.38. The monoisotopic (exact) mass is 411 g/mol. The summed E-state index contributed by atoms with van der Waals surface area (Å²) in [5.74, 6) is -1.13. The summed E-state index contributed by atoms with van der Waals surface area (Å²) < 4.78 is 61.3. The van der Waals surface area contributed by atoms with Crippen LogP contribution in [0.3, 0.4) is 0 Å². The molecule has 1 aliphatic heterocycles. The van der Waals surface area contributed by atoms with E-state index in [2.05, 4.69) is 10.1 Å². The second-order valence-corrected chi connectivity index (χ2v) is 6.03. The Morgan fingerprint density at radius 3 is 2.27 bits per heavy atom. The fourth-order valence-electron chi connectivity index (χ4n) is 2.54. The van der Waals surface area contributed by atoms with Gasteiger partial charge in [0.25, 0.3) is 0 Å². The van der Waals surface area contributed by atoms with Crippen LogP contribution in [-0.2, 0) is 0 Å². The molecule has 0 amide bonds. The maximum absolute atomic E-state index is 13.8. The summed E-state index contributed by atoms with van der Waals surface area (Å²) in [4.78, 5) is 0. The Bertz CT molecular complexity index is 754. The maximum atomic E-state index is 13.8. The first-order valence-electron chi connectivity index (χ1n) is 7.50. The van der Waals surface area contributed by atoms with Crippen molar-refractivity contribution in [1.82, 2.24) is 5.32 Å². The smallest absolute Gasteiger partial charge is 0.481 e. The van der Waals surface area contributed by atoms with Gasteiger partial charge in [0.2, 0.25) is 0 Å². The zero-order valence-corrected chi connectivity index (χ0v) is 14.8. The summed E-state index contributed by atoms with van der Waals surface area (Å²) in [5, 5.41) is 3.03. The molecule has 3 rings (SSSR count). The number of alkyl halides is 3. The van der Waals surface area contributed by atoms with Crippen molar-refractivity contribution in [3.8, 4) is 11.5 Å². The third-order valence-electron chi connectivity index (χ3n) is 3.84. The second kappa shape index (κ2) is 8.33. The number of para-hydroxylation sites is 2. The third-order valence-corrected chi connectivity index (χ3v) is 4.15. The molecule has 0 radical (unpaired) electrons. The lowest BCUT2D eigenvalue weighted by molar-refractivity contribution is -0.275. The summed E-state index contributed by atoms with van der Waals surface area (Å²) in [6, 6.07) is 9.73. The van der Waals surface area contributed by atoms with Crippen LogP contribution in [0.5, 0.6) is 11.5 Å². The Morgan fingerprint density at radius 2 is 1.73 bits per heavy atom. The Hall–Kier alpha value is -1.70. The van der Waals surface area contributed by atoms with E-state index in [1.54, 1.807) is 6.07 Å². The van der Waals surface area contributed by atoms with Crippen molar-refractivity contribution in [3.63, 3.8) is 0 Å². The molecule has 0 spiro atoms. The molecule has 1 aliphatic rings. The predicted molar refractivity (Wildman–Crippen MR) is 91.5 cm³/mol. The molecule has 9 heteroatoms.